The molecule has 0 saturated heterocycles. The number of carbonyl (C=O) groups is 3. The summed E-state index contributed by atoms with van der Waals surface area (Å²) >= 11 is 0. The molecule has 0 unspecified atom stereocenters. The lowest BCUT2D eigenvalue weighted by atomic mass is 9.98. The summed E-state index contributed by atoms with van der Waals surface area (Å²) in [6.45, 7) is 5.31. The lowest BCUT2D eigenvalue weighted by Gasteiger charge is -2.23. The molecular formula is C25H28N2O5. The number of carbonyl (C=O) groups excluding carboxylic acids is 2. The molecule has 2 aromatic rings. The minimum absolute atomic E-state index is 0.0121. The van der Waals surface area contributed by atoms with E-state index in [1.54, 1.807) is 0 Å². The summed E-state index contributed by atoms with van der Waals surface area (Å²) in [5, 5.41) is 11.7. The van der Waals surface area contributed by atoms with Crippen LogP contribution in [0.3, 0.4) is 0 Å². The van der Waals surface area contributed by atoms with Crippen LogP contribution in [0.4, 0.5) is 4.79 Å². The maximum absolute atomic E-state index is 12.5. The fourth-order valence-corrected chi connectivity index (χ4v) is 4.02. The predicted octanol–water partition coefficient (Wildman–Crippen LogP) is 3.79. The Hall–Kier alpha value is -3.61. The molecule has 3 rings (SSSR count). The Labute approximate surface area is 187 Å². The summed E-state index contributed by atoms with van der Waals surface area (Å²) in [6.07, 6.45) is 1.37. The van der Waals surface area contributed by atoms with Gasteiger partial charge in [-0.1, -0.05) is 61.5 Å². The number of benzene rings is 2. The third-order valence-corrected chi connectivity index (χ3v) is 5.61. The molecule has 1 aliphatic carbocycles. The molecule has 7 heteroatoms. The maximum Gasteiger partial charge on any atom is 0.407 e. The molecule has 1 atom stereocenters. The van der Waals surface area contributed by atoms with E-state index in [4.69, 9.17) is 9.84 Å². The highest BCUT2D eigenvalue weighted by Crippen LogP contribution is 2.44. The Kier molecular flexibility index (Phi) is 7.65. The number of nitrogens with zero attached hydrogens (tertiary/aromatic N) is 1. The van der Waals surface area contributed by atoms with Crippen molar-refractivity contribution in [3.05, 3.63) is 72.3 Å². The molecular weight excluding hydrogens is 408 g/mol. The molecule has 2 amide bonds. The molecule has 2 N–H and O–H groups in total. The summed E-state index contributed by atoms with van der Waals surface area (Å²) in [5.74, 6) is -1.51. The van der Waals surface area contributed by atoms with Crippen molar-refractivity contribution in [2.24, 2.45) is 0 Å². The van der Waals surface area contributed by atoms with E-state index in [1.807, 2.05) is 43.3 Å². The first kappa shape index (κ1) is 23.1. The van der Waals surface area contributed by atoms with E-state index in [9.17, 15) is 14.4 Å². The average Bonchev–Trinajstić information content (AvgIpc) is 3.10. The number of hydrogen-bond acceptors (Lipinski definition) is 4. The third kappa shape index (κ3) is 5.35. The van der Waals surface area contributed by atoms with Gasteiger partial charge in [-0.3, -0.25) is 9.59 Å². The van der Waals surface area contributed by atoms with Gasteiger partial charge in [-0.05, 0) is 28.7 Å². The highest BCUT2D eigenvalue weighted by Gasteiger charge is 2.29. The molecule has 0 radical (unpaired) electrons. The molecule has 0 heterocycles. The number of fused-ring (bicyclic) bond motifs is 3. The molecule has 0 aliphatic heterocycles. The molecule has 0 fully saturated rings. The average molecular weight is 437 g/mol. The van der Waals surface area contributed by atoms with Gasteiger partial charge in [-0.25, -0.2) is 4.79 Å². The topological polar surface area (TPSA) is 95.9 Å². The SMILES string of the molecule is C=CCN(CC(=O)O)C(=O)C[C@@H](CC)NC(=O)OCC1c2ccccc2-c2ccccc21. The van der Waals surface area contributed by atoms with Crippen molar-refractivity contribution in [2.75, 3.05) is 19.7 Å². The van der Waals surface area contributed by atoms with Crippen LogP contribution < -0.4 is 5.32 Å². The zero-order valence-electron chi connectivity index (χ0n) is 18.1. The first-order chi connectivity index (χ1) is 15.4. The molecule has 0 saturated carbocycles. The van der Waals surface area contributed by atoms with Crippen LogP contribution >= 0.6 is 0 Å². The van der Waals surface area contributed by atoms with Gasteiger partial charge < -0.3 is 20.1 Å². The number of ether oxygens (including phenoxy) is 1. The minimum atomic E-state index is -1.10. The second-order valence-electron chi connectivity index (χ2n) is 7.74. The number of amides is 2. The zero-order chi connectivity index (χ0) is 23.1. The van der Waals surface area contributed by atoms with E-state index in [0.717, 1.165) is 22.3 Å². The number of rotatable bonds is 10. The number of carboxylic acid groups (broad SMARTS) is 1. The summed E-state index contributed by atoms with van der Waals surface area (Å²) in [4.78, 5) is 37.1. The van der Waals surface area contributed by atoms with Gasteiger partial charge >= 0.3 is 12.1 Å². The van der Waals surface area contributed by atoms with Gasteiger partial charge in [0.1, 0.15) is 13.2 Å². The molecule has 1 aliphatic rings. The van der Waals surface area contributed by atoms with Gasteiger partial charge in [0.05, 0.1) is 0 Å². The maximum atomic E-state index is 12.5. The monoisotopic (exact) mass is 436 g/mol. The van der Waals surface area contributed by atoms with Gasteiger partial charge in [0, 0.05) is 24.9 Å². The van der Waals surface area contributed by atoms with Crippen molar-refractivity contribution in [1.82, 2.24) is 10.2 Å². The first-order valence-electron chi connectivity index (χ1n) is 10.7. The van der Waals surface area contributed by atoms with Crippen molar-refractivity contribution in [3.8, 4) is 11.1 Å². The van der Waals surface area contributed by atoms with Gasteiger partial charge in [-0.2, -0.15) is 0 Å². The smallest absolute Gasteiger partial charge is 0.407 e. The fraction of sp³-hybridized carbons (Fsp3) is 0.320. The molecule has 0 bridgehead atoms. The number of alkyl carbamates (subject to hydrolysis) is 1. The van der Waals surface area contributed by atoms with Crippen LogP contribution in [0.25, 0.3) is 11.1 Å². The fourth-order valence-electron chi connectivity index (χ4n) is 4.02. The Morgan fingerprint density at radius 1 is 1.12 bits per heavy atom. The van der Waals surface area contributed by atoms with Crippen molar-refractivity contribution < 1.29 is 24.2 Å². The van der Waals surface area contributed by atoms with Crippen LogP contribution in [0, 0.1) is 0 Å². The summed E-state index contributed by atoms with van der Waals surface area (Å²) in [5.41, 5.74) is 4.54. The first-order valence-corrected chi connectivity index (χ1v) is 10.7. The van der Waals surface area contributed by atoms with Crippen LogP contribution in [0.1, 0.15) is 36.8 Å². The number of aliphatic carboxylic acids is 1. The quantitative estimate of drug-likeness (QED) is 0.553. The van der Waals surface area contributed by atoms with Crippen molar-refractivity contribution in [2.45, 2.75) is 31.7 Å². The minimum Gasteiger partial charge on any atom is -0.480 e. The van der Waals surface area contributed by atoms with Crippen molar-refractivity contribution in [1.29, 1.82) is 0 Å². The largest absolute Gasteiger partial charge is 0.480 e. The summed E-state index contributed by atoms with van der Waals surface area (Å²) in [6, 6.07) is 15.7. The standard InChI is InChI=1S/C25H28N2O5/c1-3-13-27(15-24(29)30)23(28)14-17(4-2)26-25(31)32-16-22-20-11-7-5-9-18(20)19-10-6-8-12-21(19)22/h3,5-12,17,22H,1,4,13-16H2,2H3,(H,26,31)(H,29,30)/t17-/m1/s1. The van der Waals surface area contributed by atoms with E-state index < -0.39 is 24.6 Å². The van der Waals surface area contributed by atoms with E-state index in [1.165, 1.54) is 11.0 Å². The van der Waals surface area contributed by atoms with E-state index >= 15 is 0 Å². The Morgan fingerprint density at radius 2 is 1.72 bits per heavy atom. The van der Waals surface area contributed by atoms with E-state index in [0.29, 0.717) is 6.42 Å². The molecule has 7 nitrogen and oxygen atoms in total. The van der Waals surface area contributed by atoms with E-state index in [-0.39, 0.29) is 31.4 Å². The summed E-state index contributed by atoms with van der Waals surface area (Å²) in [7, 11) is 0. The van der Waals surface area contributed by atoms with Crippen molar-refractivity contribution >= 4 is 18.0 Å². The van der Waals surface area contributed by atoms with Gasteiger partial charge in [-0.15, -0.1) is 6.58 Å². The van der Waals surface area contributed by atoms with Crippen LogP contribution in [0.5, 0.6) is 0 Å². The van der Waals surface area contributed by atoms with Gasteiger partial charge in [0.15, 0.2) is 0 Å². The van der Waals surface area contributed by atoms with Crippen LogP contribution in [0.15, 0.2) is 61.2 Å². The Bertz CT molecular complexity index is 958. The highest BCUT2D eigenvalue weighted by molar-refractivity contribution is 5.82. The number of hydrogen-bond donors (Lipinski definition) is 2. The lowest BCUT2D eigenvalue weighted by molar-refractivity contribution is -0.144. The normalized spacial score (nSPS) is 12.9. The van der Waals surface area contributed by atoms with Crippen LogP contribution in [0.2, 0.25) is 0 Å². The van der Waals surface area contributed by atoms with Crippen molar-refractivity contribution in [3.63, 3.8) is 0 Å². The second-order valence-corrected chi connectivity index (χ2v) is 7.74. The second kappa shape index (κ2) is 10.6. The highest BCUT2D eigenvalue weighted by atomic mass is 16.5. The molecule has 168 valence electrons. The third-order valence-electron chi connectivity index (χ3n) is 5.61. The van der Waals surface area contributed by atoms with Crippen LogP contribution in [-0.4, -0.2) is 53.7 Å². The summed E-state index contributed by atoms with van der Waals surface area (Å²) < 4.78 is 5.54. The zero-order valence-corrected chi connectivity index (χ0v) is 18.1. The molecule has 32 heavy (non-hydrogen) atoms. The molecule has 2 aromatic carbocycles. The Morgan fingerprint density at radius 3 is 2.25 bits per heavy atom. The molecule has 0 spiro atoms. The lowest BCUT2D eigenvalue weighted by Crippen LogP contribution is -2.42. The Balaban J connectivity index is 1.60. The predicted molar refractivity (Wildman–Crippen MR) is 121 cm³/mol. The van der Waals surface area contributed by atoms with Gasteiger partial charge in [0.2, 0.25) is 5.91 Å². The van der Waals surface area contributed by atoms with E-state index in [2.05, 4.69) is 24.0 Å². The number of carboxylic acids is 1. The van der Waals surface area contributed by atoms with Gasteiger partial charge in [0.25, 0.3) is 0 Å². The van der Waals surface area contributed by atoms with Crippen LogP contribution in [-0.2, 0) is 14.3 Å². The number of nitrogens with one attached hydrogen (secondary N) is 1. The molecule has 0 aromatic heterocycles.